The summed E-state index contributed by atoms with van der Waals surface area (Å²) in [4.78, 5) is 6.58. The minimum absolute atomic E-state index is 0. The van der Waals surface area contributed by atoms with E-state index in [4.69, 9.17) is 0 Å². The van der Waals surface area contributed by atoms with Crippen molar-refractivity contribution in [1.29, 1.82) is 0 Å². The Hall–Kier alpha value is -0.600. The zero-order valence-corrected chi connectivity index (χ0v) is 8.46. The second-order valence-corrected chi connectivity index (χ2v) is 3.34. The lowest BCUT2D eigenvalue weighted by molar-refractivity contribution is 0.331. The summed E-state index contributed by atoms with van der Waals surface area (Å²) in [7, 11) is 0. The average Bonchev–Trinajstić information content (AvgIpc) is 2.59. The van der Waals surface area contributed by atoms with Crippen LogP contribution in [0.25, 0.3) is 0 Å². The van der Waals surface area contributed by atoms with Gasteiger partial charge in [-0.3, -0.25) is 9.88 Å². The molecule has 1 fully saturated rings. The Morgan fingerprint density at radius 1 is 1.31 bits per heavy atom. The summed E-state index contributed by atoms with van der Waals surface area (Å²) in [5.74, 6) is 0. The van der Waals surface area contributed by atoms with E-state index >= 15 is 0 Å². The molecule has 1 aliphatic heterocycles. The second-order valence-electron chi connectivity index (χ2n) is 3.34. The molecule has 0 unspecified atom stereocenters. The topological polar surface area (TPSA) is 16.1 Å². The maximum atomic E-state index is 4.10. The van der Waals surface area contributed by atoms with E-state index in [1.54, 1.807) is 0 Å². The summed E-state index contributed by atoms with van der Waals surface area (Å²) in [5.41, 5.74) is 1.33. The Kier molecular flexibility index (Phi) is 4.19. The molecule has 2 rings (SSSR count). The Morgan fingerprint density at radius 3 is 2.69 bits per heavy atom. The van der Waals surface area contributed by atoms with Crippen molar-refractivity contribution in [2.24, 2.45) is 0 Å². The molecule has 1 saturated heterocycles. The SMILES string of the molecule is Cl.c1cncc(CN2CCCC2)c1. The molecule has 0 spiro atoms. The van der Waals surface area contributed by atoms with Gasteiger partial charge in [0.25, 0.3) is 0 Å². The van der Waals surface area contributed by atoms with Gasteiger partial charge in [-0.25, -0.2) is 0 Å². The van der Waals surface area contributed by atoms with Crippen LogP contribution in [0.5, 0.6) is 0 Å². The zero-order chi connectivity index (χ0) is 8.23. The van der Waals surface area contributed by atoms with E-state index in [1.807, 2.05) is 18.5 Å². The molecule has 0 radical (unpaired) electrons. The van der Waals surface area contributed by atoms with Crippen LogP contribution < -0.4 is 0 Å². The maximum absolute atomic E-state index is 4.10. The molecule has 2 heterocycles. The van der Waals surface area contributed by atoms with Crippen LogP contribution in [-0.2, 0) is 6.54 Å². The van der Waals surface area contributed by atoms with Gasteiger partial charge >= 0.3 is 0 Å². The highest BCUT2D eigenvalue weighted by atomic mass is 35.5. The Bertz CT molecular complexity index is 232. The number of aromatic nitrogens is 1. The maximum Gasteiger partial charge on any atom is 0.0312 e. The molecular formula is C10H15ClN2. The van der Waals surface area contributed by atoms with E-state index in [2.05, 4.69) is 16.0 Å². The van der Waals surface area contributed by atoms with Crippen LogP contribution >= 0.6 is 12.4 Å². The van der Waals surface area contributed by atoms with Gasteiger partial charge in [0.15, 0.2) is 0 Å². The zero-order valence-electron chi connectivity index (χ0n) is 7.65. The molecule has 0 amide bonds. The highest BCUT2D eigenvalue weighted by molar-refractivity contribution is 5.85. The number of likely N-dealkylation sites (tertiary alicyclic amines) is 1. The third-order valence-corrected chi connectivity index (χ3v) is 2.33. The molecule has 0 aromatic carbocycles. The molecule has 0 atom stereocenters. The summed E-state index contributed by atoms with van der Waals surface area (Å²) >= 11 is 0. The molecule has 1 aromatic rings. The van der Waals surface area contributed by atoms with Crippen molar-refractivity contribution in [3.63, 3.8) is 0 Å². The van der Waals surface area contributed by atoms with Crippen LogP contribution in [0.4, 0.5) is 0 Å². The number of nitrogens with zero attached hydrogens (tertiary/aromatic N) is 2. The van der Waals surface area contributed by atoms with Gasteiger partial charge in [0.2, 0.25) is 0 Å². The predicted molar refractivity (Wildman–Crippen MR) is 56.0 cm³/mol. The molecule has 1 aliphatic rings. The number of halogens is 1. The first kappa shape index (κ1) is 10.5. The first-order valence-electron chi connectivity index (χ1n) is 4.56. The fourth-order valence-electron chi connectivity index (χ4n) is 1.69. The number of hydrogen-bond acceptors (Lipinski definition) is 2. The number of hydrogen-bond donors (Lipinski definition) is 0. The lowest BCUT2D eigenvalue weighted by atomic mass is 10.3. The highest BCUT2D eigenvalue weighted by Gasteiger charge is 2.10. The van der Waals surface area contributed by atoms with Gasteiger partial charge < -0.3 is 0 Å². The summed E-state index contributed by atoms with van der Waals surface area (Å²) in [6.45, 7) is 3.59. The van der Waals surface area contributed by atoms with E-state index in [0.29, 0.717) is 0 Å². The minimum atomic E-state index is 0. The summed E-state index contributed by atoms with van der Waals surface area (Å²) in [5, 5.41) is 0. The second kappa shape index (κ2) is 5.20. The minimum Gasteiger partial charge on any atom is -0.299 e. The van der Waals surface area contributed by atoms with Crippen molar-refractivity contribution in [1.82, 2.24) is 9.88 Å². The van der Waals surface area contributed by atoms with Gasteiger partial charge in [0.05, 0.1) is 0 Å². The van der Waals surface area contributed by atoms with E-state index < -0.39 is 0 Å². The van der Waals surface area contributed by atoms with Crippen LogP contribution in [0.2, 0.25) is 0 Å². The summed E-state index contributed by atoms with van der Waals surface area (Å²) in [6, 6.07) is 4.15. The van der Waals surface area contributed by atoms with E-state index in [-0.39, 0.29) is 12.4 Å². The molecule has 72 valence electrons. The third kappa shape index (κ3) is 2.98. The van der Waals surface area contributed by atoms with Crippen molar-refractivity contribution >= 4 is 12.4 Å². The van der Waals surface area contributed by atoms with E-state index in [9.17, 15) is 0 Å². The molecule has 0 N–H and O–H groups in total. The molecule has 2 nitrogen and oxygen atoms in total. The van der Waals surface area contributed by atoms with Gasteiger partial charge in [-0.2, -0.15) is 0 Å². The molecule has 13 heavy (non-hydrogen) atoms. The van der Waals surface area contributed by atoms with Crippen molar-refractivity contribution in [2.45, 2.75) is 19.4 Å². The van der Waals surface area contributed by atoms with Crippen LogP contribution in [0, 0.1) is 0 Å². The molecule has 0 saturated carbocycles. The Labute approximate surface area is 85.4 Å². The lowest BCUT2D eigenvalue weighted by Crippen LogP contribution is -2.18. The smallest absolute Gasteiger partial charge is 0.0312 e. The first-order valence-corrected chi connectivity index (χ1v) is 4.56. The van der Waals surface area contributed by atoms with Crippen LogP contribution in [0.1, 0.15) is 18.4 Å². The number of rotatable bonds is 2. The Balaban J connectivity index is 0.000000845. The fraction of sp³-hybridized carbons (Fsp3) is 0.500. The van der Waals surface area contributed by atoms with Crippen LogP contribution in [-0.4, -0.2) is 23.0 Å². The summed E-state index contributed by atoms with van der Waals surface area (Å²) in [6.07, 6.45) is 6.51. The van der Waals surface area contributed by atoms with E-state index in [1.165, 1.54) is 31.5 Å². The first-order chi connectivity index (χ1) is 5.95. The van der Waals surface area contributed by atoms with Crippen molar-refractivity contribution in [3.8, 4) is 0 Å². The third-order valence-electron chi connectivity index (χ3n) is 2.33. The quantitative estimate of drug-likeness (QED) is 0.724. The van der Waals surface area contributed by atoms with Gasteiger partial charge in [-0.05, 0) is 37.6 Å². The summed E-state index contributed by atoms with van der Waals surface area (Å²) < 4.78 is 0. The van der Waals surface area contributed by atoms with Gasteiger partial charge in [-0.15, -0.1) is 12.4 Å². The fourth-order valence-corrected chi connectivity index (χ4v) is 1.69. The normalized spacial score (nSPS) is 16.9. The molecule has 1 aromatic heterocycles. The molecular weight excluding hydrogens is 184 g/mol. The van der Waals surface area contributed by atoms with Gasteiger partial charge in [0.1, 0.15) is 0 Å². The molecule has 0 aliphatic carbocycles. The van der Waals surface area contributed by atoms with E-state index in [0.717, 1.165) is 6.54 Å². The molecule has 0 bridgehead atoms. The van der Waals surface area contributed by atoms with Crippen LogP contribution in [0.15, 0.2) is 24.5 Å². The largest absolute Gasteiger partial charge is 0.299 e. The van der Waals surface area contributed by atoms with Gasteiger partial charge in [-0.1, -0.05) is 6.07 Å². The van der Waals surface area contributed by atoms with Crippen LogP contribution in [0.3, 0.4) is 0 Å². The van der Waals surface area contributed by atoms with Crippen molar-refractivity contribution in [3.05, 3.63) is 30.1 Å². The van der Waals surface area contributed by atoms with Crippen molar-refractivity contribution in [2.75, 3.05) is 13.1 Å². The lowest BCUT2D eigenvalue weighted by Gasteiger charge is -2.13. The predicted octanol–water partition coefficient (Wildman–Crippen LogP) is 2.10. The van der Waals surface area contributed by atoms with Gasteiger partial charge in [0, 0.05) is 18.9 Å². The molecule has 3 heteroatoms. The number of pyridine rings is 1. The Morgan fingerprint density at radius 2 is 2.08 bits per heavy atom. The standard InChI is InChI=1S/C10H14N2.ClH/c1-2-7-12(6-1)9-10-4-3-5-11-8-10;/h3-5,8H,1-2,6-7,9H2;1H. The monoisotopic (exact) mass is 198 g/mol. The highest BCUT2D eigenvalue weighted by Crippen LogP contribution is 2.11. The van der Waals surface area contributed by atoms with Crippen molar-refractivity contribution < 1.29 is 0 Å². The average molecular weight is 199 g/mol.